The van der Waals surface area contributed by atoms with E-state index in [1.54, 1.807) is 62.6 Å². The number of hydrogen-bond donors (Lipinski definition) is 1. The molecule has 0 amide bonds. The Morgan fingerprint density at radius 1 is 0.579 bits per heavy atom. The van der Waals surface area contributed by atoms with E-state index in [1.165, 1.54) is 0 Å². The maximum absolute atomic E-state index is 12.4. The minimum Gasteiger partial charge on any atom is -0.507 e. The van der Waals surface area contributed by atoms with E-state index in [0.717, 1.165) is 16.7 Å². The van der Waals surface area contributed by atoms with Gasteiger partial charge >= 0.3 is 11.9 Å². The molecular weight excluding hydrogens is 788 g/mol. The molecule has 0 fully saturated rings. The highest BCUT2D eigenvalue weighted by Crippen LogP contribution is 2.33. The van der Waals surface area contributed by atoms with E-state index in [1.807, 2.05) is 140 Å². The lowest BCUT2D eigenvalue weighted by atomic mass is 10.1. The second-order valence-corrected chi connectivity index (χ2v) is 10.9. The topological polar surface area (TPSA) is 134 Å². The smallest absolute Gasteiger partial charge is 0.352 e. The number of para-hydroxylation sites is 2. The van der Waals surface area contributed by atoms with E-state index >= 15 is 0 Å². The molecule has 0 saturated carbocycles. The Hall–Kier alpha value is -5.68. The van der Waals surface area contributed by atoms with Crippen LogP contribution in [0.4, 0.5) is 0 Å². The molecule has 2 aromatic heterocycles. The molecule has 6 aromatic rings. The van der Waals surface area contributed by atoms with Gasteiger partial charge < -0.3 is 28.4 Å². The standard InChI is InChI=1S/C19H17NO4.C10H11BrO2.C9H7NO2.4C2H6/c1-2-22-19(21)18(14-8-4-3-5-9-14)23-16-11-7-6-10-15(16)17-12-13-20-24-17;1-2-13-10(12)9(11)8-6-4-3-5-7-8;11-8-4-2-1-3-7(8)9-5-6-10-12-9;4*1-2/h3-13,18H,2H2,1H3;3-7,9H,2H2,1H3;1-6,11H;4*1-2H3. The summed E-state index contributed by atoms with van der Waals surface area (Å²) < 4.78 is 26.1. The van der Waals surface area contributed by atoms with Crippen LogP contribution in [0.15, 0.2) is 143 Å². The first-order valence-electron chi connectivity index (χ1n) is 19.4. The first-order valence-corrected chi connectivity index (χ1v) is 20.3. The van der Waals surface area contributed by atoms with E-state index < -0.39 is 12.1 Å². The summed E-state index contributed by atoms with van der Waals surface area (Å²) in [6, 6.07) is 36.5. The fourth-order valence-corrected chi connectivity index (χ4v) is 4.80. The number of aromatic hydroxyl groups is 1. The zero-order valence-corrected chi connectivity index (χ0v) is 36.4. The number of halogens is 1. The van der Waals surface area contributed by atoms with Gasteiger partial charge in [0.25, 0.3) is 0 Å². The van der Waals surface area contributed by atoms with E-state index in [4.69, 9.17) is 23.3 Å². The fourth-order valence-electron chi connectivity index (χ4n) is 4.36. The lowest BCUT2D eigenvalue weighted by molar-refractivity contribution is -0.151. The number of phenolic OH excluding ortho intramolecular Hbond substituents is 1. The van der Waals surface area contributed by atoms with Gasteiger partial charge in [-0.2, -0.15) is 0 Å². The molecule has 0 saturated heterocycles. The number of ether oxygens (including phenoxy) is 3. The van der Waals surface area contributed by atoms with Crippen LogP contribution in [0.1, 0.15) is 91.3 Å². The maximum atomic E-state index is 12.4. The molecule has 308 valence electrons. The van der Waals surface area contributed by atoms with Crippen molar-refractivity contribution in [3.63, 3.8) is 0 Å². The fraction of sp³-hybridized carbons (Fsp3) is 0.304. The van der Waals surface area contributed by atoms with Crippen LogP contribution in [0.5, 0.6) is 11.5 Å². The molecule has 6 rings (SSSR count). The minimum absolute atomic E-state index is 0.203. The summed E-state index contributed by atoms with van der Waals surface area (Å²) in [5.41, 5.74) is 3.03. The monoisotopic (exact) mass is 846 g/mol. The van der Waals surface area contributed by atoms with Crippen LogP contribution < -0.4 is 4.74 Å². The molecule has 2 heterocycles. The molecule has 1 N–H and O–H groups in total. The Balaban J connectivity index is 0.000000809. The Morgan fingerprint density at radius 2 is 1.00 bits per heavy atom. The zero-order valence-electron chi connectivity index (χ0n) is 34.8. The van der Waals surface area contributed by atoms with Crippen LogP contribution in [0.25, 0.3) is 22.6 Å². The van der Waals surface area contributed by atoms with Gasteiger partial charge in [-0.3, -0.25) is 4.79 Å². The molecule has 2 unspecified atom stereocenters. The van der Waals surface area contributed by atoms with Crippen molar-refractivity contribution in [2.24, 2.45) is 0 Å². The summed E-state index contributed by atoms with van der Waals surface area (Å²) >= 11 is 3.28. The summed E-state index contributed by atoms with van der Waals surface area (Å²) in [6.07, 6.45) is 2.25. The Morgan fingerprint density at radius 3 is 1.47 bits per heavy atom. The van der Waals surface area contributed by atoms with Crippen molar-refractivity contribution in [1.82, 2.24) is 10.3 Å². The second-order valence-electron chi connectivity index (χ2n) is 9.95. The van der Waals surface area contributed by atoms with Crippen molar-refractivity contribution in [2.45, 2.75) is 80.2 Å². The highest BCUT2D eigenvalue weighted by Gasteiger charge is 2.25. The maximum Gasteiger partial charge on any atom is 0.352 e. The third kappa shape index (κ3) is 18.2. The molecule has 0 aliphatic carbocycles. The number of carbonyl (C=O) groups excluding carboxylic acids is 2. The van der Waals surface area contributed by atoms with Gasteiger partial charge in [0.05, 0.1) is 36.7 Å². The predicted molar refractivity (Wildman–Crippen MR) is 232 cm³/mol. The summed E-state index contributed by atoms with van der Waals surface area (Å²) in [6.45, 7) is 20.3. The minimum atomic E-state index is -0.852. The van der Waals surface area contributed by atoms with Crippen LogP contribution in [0.3, 0.4) is 0 Å². The summed E-state index contributed by atoms with van der Waals surface area (Å²) in [5.74, 6) is 1.20. The Kier molecular flexibility index (Phi) is 29.3. The number of benzene rings is 4. The van der Waals surface area contributed by atoms with Gasteiger partial charge in [0.2, 0.25) is 6.10 Å². The average Bonchev–Trinajstić information content (AvgIpc) is 4.03. The highest BCUT2D eigenvalue weighted by molar-refractivity contribution is 9.09. The molecule has 57 heavy (non-hydrogen) atoms. The van der Waals surface area contributed by atoms with Crippen molar-refractivity contribution >= 4 is 27.9 Å². The van der Waals surface area contributed by atoms with Gasteiger partial charge in [-0.15, -0.1) is 0 Å². The lowest BCUT2D eigenvalue weighted by Crippen LogP contribution is -2.21. The van der Waals surface area contributed by atoms with Crippen molar-refractivity contribution in [2.75, 3.05) is 13.2 Å². The molecule has 0 bridgehead atoms. The summed E-state index contributed by atoms with van der Waals surface area (Å²) in [4.78, 5) is 23.3. The third-order valence-corrected chi connectivity index (χ3v) is 7.53. The largest absolute Gasteiger partial charge is 0.507 e. The van der Waals surface area contributed by atoms with Gasteiger partial charge in [0.15, 0.2) is 11.5 Å². The van der Waals surface area contributed by atoms with E-state index in [9.17, 15) is 14.7 Å². The van der Waals surface area contributed by atoms with Gasteiger partial charge in [0.1, 0.15) is 16.3 Å². The Bertz CT molecular complexity index is 1840. The van der Waals surface area contributed by atoms with Crippen LogP contribution >= 0.6 is 15.9 Å². The number of rotatable bonds is 10. The van der Waals surface area contributed by atoms with Crippen LogP contribution in [0.2, 0.25) is 0 Å². The molecular formula is C46H59BrN2O8. The normalized spacial score (nSPS) is 10.2. The quantitative estimate of drug-likeness (QED) is 0.105. The van der Waals surface area contributed by atoms with Gasteiger partial charge in [-0.25, -0.2) is 4.79 Å². The number of hydrogen-bond acceptors (Lipinski definition) is 10. The second kappa shape index (κ2) is 32.6. The highest BCUT2D eigenvalue weighted by atomic mass is 79.9. The molecule has 0 aliphatic heterocycles. The van der Waals surface area contributed by atoms with Crippen LogP contribution in [0, 0.1) is 0 Å². The van der Waals surface area contributed by atoms with Crippen molar-refractivity contribution < 1.29 is 38.0 Å². The van der Waals surface area contributed by atoms with Gasteiger partial charge in [-0.1, -0.05) is 167 Å². The molecule has 2 atom stereocenters. The number of carbonyl (C=O) groups is 2. The molecule has 0 aliphatic rings. The SMILES string of the molecule is CC.CC.CC.CC.CCOC(=O)C(Br)c1ccccc1.CCOC(=O)C(Oc1ccccc1-c1ccno1)c1ccccc1.Oc1ccccc1-c1ccno1. The van der Waals surface area contributed by atoms with Crippen molar-refractivity contribution in [1.29, 1.82) is 0 Å². The van der Waals surface area contributed by atoms with Crippen molar-refractivity contribution in [3.8, 4) is 34.1 Å². The van der Waals surface area contributed by atoms with Gasteiger partial charge in [-0.05, 0) is 43.7 Å². The number of alkyl halides is 1. The number of aromatic nitrogens is 2. The first kappa shape index (κ1) is 51.3. The molecule has 0 spiro atoms. The van der Waals surface area contributed by atoms with Crippen molar-refractivity contribution in [3.05, 3.63) is 145 Å². The summed E-state index contributed by atoms with van der Waals surface area (Å²) in [7, 11) is 0. The van der Waals surface area contributed by atoms with E-state index in [2.05, 4.69) is 26.2 Å². The predicted octanol–water partition coefficient (Wildman–Crippen LogP) is 12.9. The summed E-state index contributed by atoms with van der Waals surface area (Å²) in [5, 5.41) is 16.7. The van der Waals surface area contributed by atoms with Crippen LogP contribution in [-0.4, -0.2) is 40.6 Å². The number of esters is 2. The van der Waals surface area contributed by atoms with Gasteiger partial charge in [0, 0.05) is 17.7 Å². The molecule has 10 nitrogen and oxygen atoms in total. The zero-order chi connectivity index (χ0) is 42.8. The average molecular weight is 848 g/mol. The first-order chi connectivity index (χ1) is 27.9. The molecule has 4 aromatic carbocycles. The molecule has 11 heteroatoms. The lowest BCUT2D eigenvalue weighted by Gasteiger charge is -2.19. The van der Waals surface area contributed by atoms with E-state index in [0.29, 0.717) is 29.4 Å². The number of phenols is 1. The Labute approximate surface area is 347 Å². The molecule has 0 radical (unpaired) electrons. The van der Waals surface area contributed by atoms with E-state index in [-0.39, 0.29) is 23.2 Å². The number of nitrogens with zero attached hydrogens (tertiary/aromatic N) is 2. The van der Waals surface area contributed by atoms with Crippen LogP contribution in [-0.2, 0) is 19.1 Å². The third-order valence-electron chi connectivity index (χ3n) is 6.63.